The summed E-state index contributed by atoms with van der Waals surface area (Å²) in [5.41, 5.74) is 2.16. The molecule has 0 amide bonds. The number of rotatable bonds is 6. The van der Waals surface area contributed by atoms with E-state index in [-0.39, 0.29) is 5.41 Å². The van der Waals surface area contributed by atoms with Crippen LogP contribution in [0.4, 0.5) is 0 Å². The highest BCUT2D eigenvalue weighted by Crippen LogP contribution is 2.22. The van der Waals surface area contributed by atoms with Crippen LogP contribution >= 0.6 is 0 Å². The number of hydrogen-bond acceptors (Lipinski definition) is 3. The van der Waals surface area contributed by atoms with Crippen LogP contribution in [-0.4, -0.2) is 26.8 Å². The molecule has 0 radical (unpaired) electrons. The Bertz CT molecular complexity index is 555. The van der Waals surface area contributed by atoms with Crippen LogP contribution in [0.2, 0.25) is 0 Å². The van der Waals surface area contributed by atoms with Gasteiger partial charge in [0.1, 0.15) is 0 Å². The molecule has 21 heavy (non-hydrogen) atoms. The van der Waals surface area contributed by atoms with Gasteiger partial charge in [0.2, 0.25) is 10.0 Å². The summed E-state index contributed by atoms with van der Waals surface area (Å²) >= 11 is 0. The Labute approximate surface area is 129 Å². The van der Waals surface area contributed by atoms with Gasteiger partial charge in [-0.25, -0.2) is 13.1 Å². The summed E-state index contributed by atoms with van der Waals surface area (Å²) in [4.78, 5) is 0. The van der Waals surface area contributed by atoms with Gasteiger partial charge in [-0.3, -0.25) is 0 Å². The van der Waals surface area contributed by atoms with Crippen LogP contribution in [0.3, 0.4) is 0 Å². The van der Waals surface area contributed by atoms with Crippen LogP contribution in [0.15, 0.2) is 24.3 Å². The quantitative estimate of drug-likeness (QED) is 0.848. The zero-order chi connectivity index (χ0) is 16.3. The molecule has 0 fully saturated rings. The van der Waals surface area contributed by atoms with Crippen molar-refractivity contribution in [2.45, 2.75) is 52.1 Å². The van der Waals surface area contributed by atoms with Gasteiger partial charge in [-0.1, -0.05) is 45.0 Å². The third-order valence-electron chi connectivity index (χ3n) is 3.18. The van der Waals surface area contributed by atoms with Crippen molar-refractivity contribution >= 4 is 10.0 Å². The maximum atomic E-state index is 11.3. The van der Waals surface area contributed by atoms with Gasteiger partial charge in [0.05, 0.1) is 6.26 Å². The summed E-state index contributed by atoms with van der Waals surface area (Å²) in [6.07, 6.45) is 1.18. The molecule has 0 aliphatic rings. The Morgan fingerprint density at radius 1 is 1.00 bits per heavy atom. The zero-order valence-electron chi connectivity index (χ0n) is 13.9. The van der Waals surface area contributed by atoms with Crippen LogP contribution < -0.4 is 10.0 Å². The Morgan fingerprint density at radius 3 is 1.95 bits per heavy atom. The van der Waals surface area contributed by atoms with Gasteiger partial charge in [0.25, 0.3) is 0 Å². The van der Waals surface area contributed by atoms with E-state index >= 15 is 0 Å². The maximum Gasteiger partial charge on any atom is 0.209 e. The molecule has 0 heterocycles. The molecule has 0 aliphatic heterocycles. The predicted molar refractivity (Wildman–Crippen MR) is 88.9 cm³/mol. The van der Waals surface area contributed by atoms with E-state index in [1.807, 2.05) is 13.8 Å². The minimum Gasteiger partial charge on any atom is -0.311 e. The molecule has 0 saturated carbocycles. The number of benzene rings is 1. The fourth-order valence-electron chi connectivity index (χ4n) is 2.18. The van der Waals surface area contributed by atoms with Gasteiger partial charge >= 0.3 is 0 Å². The minimum absolute atomic E-state index is 0.160. The van der Waals surface area contributed by atoms with Crippen LogP contribution in [0.5, 0.6) is 0 Å². The predicted octanol–water partition coefficient (Wildman–Crippen LogP) is 2.40. The lowest BCUT2D eigenvalue weighted by atomic mass is 9.87. The summed E-state index contributed by atoms with van der Waals surface area (Å²) in [5, 5.41) is 3.30. The zero-order valence-corrected chi connectivity index (χ0v) is 14.8. The topological polar surface area (TPSA) is 58.2 Å². The molecule has 1 aromatic rings. The highest BCUT2D eigenvalue weighted by molar-refractivity contribution is 7.88. The van der Waals surface area contributed by atoms with Crippen molar-refractivity contribution in [3.63, 3.8) is 0 Å². The molecule has 0 aromatic heterocycles. The highest BCUT2D eigenvalue weighted by atomic mass is 32.2. The first-order chi connectivity index (χ1) is 9.39. The van der Waals surface area contributed by atoms with Crippen molar-refractivity contribution in [3.8, 4) is 0 Å². The molecule has 1 rings (SSSR count). The third kappa shape index (κ3) is 7.07. The molecule has 0 saturated heterocycles. The lowest BCUT2D eigenvalue weighted by Crippen LogP contribution is -2.49. The van der Waals surface area contributed by atoms with Gasteiger partial charge in [-0.15, -0.1) is 0 Å². The first-order valence-electron chi connectivity index (χ1n) is 7.18. The lowest BCUT2D eigenvalue weighted by molar-refractivity contribution is 0.421. The molecule has 2 N–H and O–H groups in total. The Hall–Kier alpha value is -0.910. The van der Waals surface area contributed by atoms with Crippen LogP contribution in [0.25, 0.3) is 0 Å². The first-order valence-corrected chi connectivity index (χ1v) is 9.07. The Balaban J connectivity index is 2.53. The van der Waals surface area contributed by atoms with Crippen molar-refractivity contribution in [1.29, 1.82) is 0 Å². The van der Waals surface area contributed by atoms with Crippen molar-refractivity contribution in [1.82, 2.24) is 10.0 Å². The summed E-state index contributed by atoms with van der Waals surface area (Å²) < 4.78 is 25.2. The van der Waals surface area contributed by atoms with Gasteiger partial charge in [-0.2, -0.15) is 0 Å². The van der Waals surface area contributed by atoms with Crippen LogP contribution in [-0.2, 0) is 22.0 Å². The molecule has 0 bridgehead atoms. The molecule has 0 unspecified atom stereocenters. The van der Waals surface area contributed by atoms with E-state index in [1.54, 1.807) is 0 Å². The number of nitrogens with one attached hydrogen (secondary N) is 2. The molecule has 0 spiro atoms. The average molecular weight is 312 g/mol. The fraction of sp³-hybridized carbons (Fsp3) is 0.625. The normalized spacial score (nSPS) is 13.4. The van der Waals surface area contributed by atoms with Gasteiger partial charge in [0.15, 0.2) is 0 Å². The summed E-state index contributed by atoms with van der Waals surface area (Å²) in [6, 6.07) is 8.53. The van der Waals surface area contributed by atoms with E-state index in [9.17, 15) is 8.42 Å². The molecular weight excluding hydrogens is 284 g/mol. The first kappa shape index (κ1) is 18.1. The maximum absolute atomic E-state index is 11.3. The van der Waals surface area contributed by atoms with Crippen molar-refractivity contribution < 1.29 is 8.42 Å². The molecule has 0 atom stereocenters. The molecule has 0 aliphatic carbocycles. The van der Waals surface area contributed by atoms with Crippen LogP contribution in [0, 0.1) is 0 Å². The Morgan fingerprint density at radius 2 is 1.52 bits per heavy atom. The van der Waals surface area contributed by atoms with Crippen molar-refractivity contribution in [2.75, 3.05) is 12.8 Å². The minimum atomic E-state index is -3.19. The van der Waals surface area contributed by atoms with E-state index in [4.69, 9.17) is 0 Å². The molecule has 1 aromatic carbocycles. The molecule has 120 valence electrons. The summed E-state index contributed by atoms with van der Waals surface area (Å²) in [5.74, 6) is 0. The summed E-state index contributed by atoms with van der Waals surface area (Å²) in [7, 11) is -3.19. The van der Waals surface area contributed by atoms with E-state index < -0.39 is 15.6 Å². The van der Waals surface area contributed by atoms with Crippen molar-refractivity contribution in [3.05, 3.63) is 35.4 Å². The van der Waals surface area contributed by atoms with Crippen LogP contribution in [0.1, 0.15) is 45.7 Å². The van der Waals surface area contributed by atoms with Gasteiger partial charge < -0.3 is 5.32 Å². The van der Waals surface area contributed by atoms with E-state index in [1.165, 1.54) is 17.4 Å². The second-order valence-corrected chi connectivity index (χ2v) is 9.06. The molecular formula is C16H28N2O2S. The smallest absolute Gasteiger partial charge is 0.209 e. The fourth-order valence-corrected chi connectivity index (χ4v) is 3.26. The standard InChI is InChI=1S/C16H28N2O2S/c1-15(2,3)14-9-7-13(8-10-14)11-17-12-16(4,5)18-21(6,19)20/h7-10,17-18H,11-12H2,1-6H3. The monoisotopic (exact) mass is 312 g/mol. The van der Waals surface area contributed by atoms with E-state index in [0.29, 0.717) is 6.54 Å². The molecule has 4 nitrogen and oxygen atoms in total. The van der Waals surface area contributed by atoms with E-state index in [0.717, 1.165) is 6.54 Å². The largest absolute Gasteiger partial charge is 0.311 e. The lowest BCUT2D eigenvalue weighted by Gasteiger charge is -2.25. The number of sulfonamides is 1. The highest BCUT2D eigenvalue weighted by Gasteiger charge is 2.21. The summed E-state index contributed by atoms with van der Waals surface area (Å²) in [6.45, 7) is 11.6. The van der Waals surface area contributed by atoms with Gasteiger partial charge in [0, 0.05) is 18.6 Å². The second kappa shape index (κ2) is 6.46. The van der Waals surface area contributed by atoms with Gasteiger partial charge in [-0.05, 0) is 30.4 Å². The SMILES string of the molecule is CC(C)(CNCc1ccc(C(C)(C)C)cc1)NS(C)(=O)=O. The van der Waals surface area contributed by atoms with E-state index in [2.05, 4.69) is 55.1 Å². The molecule has 5 heteroatoms. The average Bonchev–Trinajstić information content (AvgIpc) is 2.24. The third-order valence-corrected chi connectivity index (χ3v) is 4.10. The second-order valence-electron chi connectivity index (χ2n) is 7.31. The number of hydrogen-bond donors (Lipinski definition) is 2. The van der Waals surface area contributed by atoms with Crippen molar-refractivity contribution in [2.24, 2.45) is 0 Å². The Kier molecular flexibility index (Phi) is 5.58.